The second-order valence-electron chi connectivity index (χ2n) is 7.42. The van der Waals surface area contributed by atoms with Gasteiger partial charge in [-0.2, -0.15) is 0 Å². The molecule has 0 bridgehead atoms. The van der Waals surface area contributed by atoms with Crippen LogP contribution in [0, 0.1) is 0 Å². The predicted molar refractivity (Wildman–Crippen MR) is 128 cm³/mol. The highest BCUT2D eigenvalue weighted by Crippen LogP contribution is 2.38. The van der Waals surface area contributed by atoms with Crippen molar-refractivity contribution in [2.45, 2.75) is 45.9 Å². The van der Waals surface area contributed by atoms with Gasteiger partial charge in [0.15, 0.2) is 11.5 Å². The zero-order valence-electron chi connectivity index (χ0n) is 17.5. The molecule has 164 valence electrons. The van der Waals surface area contributed by atoms with Gasteiger partial charge in [0, 0.05) is 34.7 Å². The zero-order valence-corrected chi connectivity index (χ0v) is 20.6. The Balaban J connectivity index is 1.65. The van der Waals surface area contributed by atoms with E-state index < -0.39 is 0 Å². The molecular formula is C23H29BrCl2N2O2. The second-order valence-corrected chi connectivity index (χ2v) is 9.12. The Labute approximate surface area is 198 Å². The molecule has 1 aliphatic heterocycles. The van der Waals surface area contributed by atoms with E-state index in [2.05, 4.69) is 39.1 Å². The highest BCUT2D eigenvalue weighted by Gasteiger charge is 2.22. The Morgan fingerprint density at radius 3 is 2.73 bits per heavy atom. The minimum atomic E-state index is 0.334. The number of nitrogens with one attached hydrogen (secondary N) is 1. The van der Waals surface area contributed by atoms with Gasteiger partial charge in [0.2, 0.25) is 0 Å². The smallest absolute Gasteiger partial charge is 0.175 e. The van der Waals surface area contributed by atoms with E-state index in [1.165, 1.54) is 19.4 Å². The lowest BCUT2D eigenvalue weighted by atomic mass is 10.1. The first-order valence-corrected chi connectivity index (χ1v) is 12.0. The summed E-state index contributed by atoms with van der Waals surface area (Å²) in [4.78, 5) is 2.55. The molecule has 2 aromatic carbocycles. The van der Waals surface area contributed by atoms with Gasteiger partial charge in [0.05, 0.1) is 11.1 Å². The van der Waals surface area contributed by atoms with Crippen LogP contribution in [0.3, 0.4) is 0 Å². The van der Waals surface area contributed by atoms with Gasteiger partial charge in [-0.15, -0.1) is 0 Å². The van der Waals surface area contributed by atoms with Gasteiger partial charge in [-0.25, -0.2) is 0 Å². The van der Waals surface area contributed by atoms with E-state index in [0.29, 0.717) is 35.1 Å². The molecule has 1 aliphatic rings. The molecule has 7 heteroatoms. The van der Waals surface area contributed by atoms with Crippen molar-refractivity contribution in [3.05, 3.63) is 56.0 Å². The molecule has 0 unspecified atom stereocenters. The third-order valence-electron chi connectivity index (χ3n) is 5.37. The van der Waals surface area contributed by atoms with E-state index in [1.54, 1.807) is 6.07 Å². The van der Waals surface area contributed by atoms with Gasteiger partial charge in [0.25, 0.3) is 0 Å². The monoisotopic (exact) mass is 514 g/mol. The van der Waals surface area contributed by atoms with Gasteiger partial charge >= 0.3 is 0 Å². The topological polar surface area (TPSA) is 33.7 Å². The fourth-order valence-electron chi connectivity index (χ4n) is 3.84. The molecule has 1 N–H and O–H groups in total. The highest BCUT2D eigenvalue weighted by molar-refractivity contribution is 9.10. The number of nitrogens with zero attached hydrogens (tertiary/aromatic N) is 1. The number of hydrogen-bond donors (Lipinski definition) is 1. The van der Waals surface area contributed by atoms with Crippen LogP contribution in [0.1, 0.15) is 37.8 Å². The third kappa shape index (κ3) is 6.27. The van der Waals surface area contributed by atoms with Crippen molar-refractivity contribution in [3.63, 3.8) is 0 Å². The fourth-order valence-corrected chi connectivity index (χ4v) is 4.91. The van der Waals surface area contributed by atoms with Crippen LogP contribution in [0.5, 0.6) is 11.5 Å². The van der Waals surface area contributed by atoms with Gasteiger partial charge in [-0.1, -0.05) is 36.2 Å². The van der Waals surface area contributed by atoms with Crippen molar-refractivity contribution in [1.29, 1.82) is 0 Å². The molecule has 0 aromatic heterocycles. The van der Waals surface area contributed by atoms with Crippen molar-refractivity contribution in [1.82, 2.24) is 10.2 Å². The van der Waals surface area contributed by atoms with Crippen LogP contribution < -0.4 is 14.8 Å². The van der Waals surface area contributed by atoms with Gasteiger partial charge < -0.3 is 14.8 Å². The van der Waals surface area contributed by atoms with E-state index in [4.69, 9.17) is 32.7 Å². The van der Waals surface area contributed by atoms with Gasteiger partial charge in [-0.3, -0.25) is 4.90 Å². The summed E-state index contributed by atoms with van der Waals surface area (Å²) in [7, 11) is 0. The molecular weight excluding hydrogens is 487 g/mol. The SMILES string of the molecule is CCOc1cc(CNC[C@H]2CCCN2CC)cc(Br)c1OCc1ccc(Cl)cc1Cl. The maximum absolute atomic E-state index is 6.27. The lowest BCUT2D eigenvalue weighted by Gasteiger charge is -2.23. The first kappa shape index (κ1) is 23.7. The molecule has 1 saturated heterocycles. The number of likely N-dealkylation sites (tertiary alicyclic amines) is 1. The standard InChI is InChI=1S/C23H29BrCl2N2O2/c1-3-28-9-5-6-19(28)14-27-13-16-10-20(24)23(22(11-16)29-4-2)30-15-17-7-8-18(25)12-21(17)26/h7-8,10-12,19,27H,3-6,9,13-15H2,1-2H3/t19-/m1/s1. The summed E-state index contributed by atoms with van der Waals surface area (Å²) in [5, 5.41) is 4.80. The Morgan fingerprint density at radius 1 is 1.17 bits per heavy atom. The lowest BCUT2D eigenvalue weighted by molar-refractivity contribution is 0.259. The summed E-state index contributed by atoms with van der Waals surface area (Å²) in [5.74, 6) is 1.41. The molecule has 0 saturated carbocycles. The summed E-state index contributed by atoms with van der Waals surface area (Å²) < 4.78 is 12.8. The average Bonchev–Trinajstić information content (AvgIpc) is 3.16. The van der Waals surface area contributed by atoms with Gasteiger partial charge in [-0.05, 0) is 78.6 Å². The van der Waals surface area contributed by atoms with E-state index >= 15 is 0 Å². The number of benzene rings is 2. The Bertz CT molecular complexity index is 850. The van der Waals surface area contributed by atoms with Crippen LogP contribution in [0.15, 0.2) is 34.8 Å². The molecule has 4 nitrogen and oxygen atoms in total. The summed E-state index contributed by atoms with van der Waals surface area (Å²) in [5.41, 5.74) is 2.03. The average molecular weight is 516 g/mol. The molecule has 0 radical (unpaired) electrons. The van der Waals surface area contributed by atoms with Gasteiger partial charge in [0.1, 0.15) is 6.61 Å². The number of likely N-dealkylation sites (N-methyl/N-ethyl adjacent to an activating group) is 1. The minimum absolute atomic E-state index is 0.334. The predicted octanol–water partition coefficient (Wildman–Crippen LogP) is 6.31. The van der Waals surface area contributed by atoms with Crippen molar-refractivity contribution in [2.24, 2.45) is 0 Å². The van der Waals surface area contributed by atoms with Crippen LogP contribution >= 0.6 is 39.1 Å². The zero-order chi connectivity index (χ0) is 21.5. The molecule has 1 heterocycles. The van der Waals surface area contributed by atoms with E-state index in [-0.39, 0.29) is 0 Å². The number of hydrogen-bond acceptors (Lipinski definition) is 4. The van der Waals surface area contributed by atoms with E-state index in [1.807, 2.05) is 25.1 Å². The van der Waals surface area contributed by atoms with Crippen molar-refractivity contribution in [2.75, 3.05) is 26.2 Å². The fraction of sp³-hybridized carbons (Fsp3) is 0.478. The third-order valence-corrected chi connectivity index (χ3v) is 6.55. The molecule has 1 fully saturated rings. The first-order valence-electron chi connectivity index (χ1n) is 10.5. The molecule has 0 spiro atoms. The minimum Gasteiger partial charge on any atom is -0.490 e. The molecule has 3 rings (SSSR count). The number of halogens is 3. The number of ether oxygens (including phenoxy) is 2. The Kier molecular flexibility index (Phi) is 9.14. The summed E-state index contributed by atoms with van der Waals surface area (Å²) in [6.45, 7) is 9.23. The Hall–Kier alpha value is -0.980. The van der Waals surface area contributed by atoms with E-state index in [9.17, 15) is 0 Å². The summed E-state index contributed by atoms with van der Waals surface area (Å²) in [6.07, 6.45) is 2.57. The first-order chi connectivity index (χ1) is 14.5. The second kappa shape index (κ2) is 11.6. The molecule has 2 aromatic rings. The number of rotatable bonds is 10. The van der Waals surface area contributed by atoms with Crippen molar-refractivity contribution in [3.8, 4) is 11.5 Å². The van der Waals surface area contributed by atoms with Crippen LogP contribution in [-0.2, 0) is 13.2 Å². The molecule has 0 aliphatic carbocycles. The quantitative estimate of drug-likeness (QED) is 0.402. The maximum Gasteiger partial charge on any atom is 0.175 e. The Morgan fingerprint density at radius 2 is 2.00 bits per heavy atom. The highest BCUT2D eigenvalue weighted by atomic mass is 79.9. The summed E-state index contributed by atoms with van der Waals surface area (Å²) in [6, 6.07) is 10.2. The maximum atomic E-state index is 6.27. The van der Waals surface area contributed by atoms with Crippen LogP contribution in [0.4, 0.5) is 0 Å². The molecule has 0 amide bonds. The van der Waals surface area contributed by atoms with Crippen molar-refractivity contribution < 1.29 is 9.47 Å². The normalized spacial score (nSPS) is 16.8. The largest absolute Gasteiger partial charge is 0.490 e. The summed E-state index contributed by atoms with van der Waals surface area (Å²) >= 11 is 15.9. The van der Waals surface area contributed by atoms with E-state index in [0.717, 1.165) is 41.0 Å². The van der Waals surface area contributed by atoms with Crippen LogP contribution in [0.2, 0.25) is 10.0 Å². The molecule has 1 atom stereocenters. The van der Waals surface area contributed by atoms with Crippen molar-refractivity contribution >= 4 is 39.1 Å². The van der Waals surface area contributed by atoms with Crippen LogP contribution in [-0.4, -0.2) is 37.2 Å². The lowest BCUT2D eigenvalue weighted by Crippen LogP contribution is -2.37. The molecule has 30 heavy (non-hydrogen) atoms. The van der Waals surface area contributed by atoms with Crippen LogP contribution in [0.25, 0.3) is 0 Å².